The minimum atomic E-state index is 0.813. The molecule has 0 fully saturated rings. The number of nitrogens with one attached hydrogen (secondary N) is 1. The molecule has 1 nitrogen and oxygen atoms in total. The molecule has 0 atom stereocenters. The average Bonchev–Trinajstić information content (AvgIpc) is 2.32. The topological polar surface area (TPSA) is 12.0 Å². The highest BCUT2D eigenvalue weighted by molar-refractivity contribution is 9.11. The standard InChI is InChI=1S/C8H11BrClNS/c1-2-3-11-5-6-4-7(10)8(9)12-6/h4,11H,2-3,5H2,1H3. The smallest absolute Gasteiger partial charge is 0.0887 e. The SMILES string of the molecule is CCCNCc1cc(Cl)c(Br)s1. The number of hydrogen-bond acceptors (Lipinski definition) is 2. The first-order chi connectivity index (χ1) is 5.74. The van der Waals surface area contributed by atoms with Crippen molar-refractivity contribution in [2.75, 3.05) is 6.54 Å². The summed E-state index contributed by atoms with van der Waals surface area (Å²) >= 11 is 10.9. The van der Waals surface area contributed by atoms with Crippen molar-refractivity contribution in [1.82, 2.24) is 5.32 Å². The van der Waals surface area contributed by atoms with Crippen molar-refractivity contribution in [3.05, 3.63) is 19.8 Å². The summed E-state index contributed by atoms with van der Waals surface area (Å²) in [6.07, 6.45) is 1.17. The first-order valence-corrected chi connectivity index (χ1v) is 5.87. The first kappa shape index (κ1) is 10.5. The van der Waals surface area contributed by atoms with E-state index in [1.807, 2.05) is 6.07 Å². The molecule has 0 aliphatic rings. The molecular weight excluding hydrogens is 258 g/mol. The van der Waals surface area contributed by atoms with E-state index in [-0.39, 0.29) is 0 Å². The van der Waals surface area contributed by atoms with Gasteiger partial charge in [0.05, 0.1) is 8.81 Å². The van der Waals surface area contributed by atoms with Crippen molar-refractivity contribution >= 4 is 38.9 Å². The Morgan fingerprint density at radius 2 is 2.42 bits per heavy atom. The first-order valence-electron chi connectivity index (χ1n) is 3.88. The maximum Gasteiger partial charge on any atom is 0.0887 e. The van der Waals surface area contributed by atoms with Gasteiger partial charge in [0.2, 0.25) is 0 Å². The van der Waals surface area contributed by atoms with E-state index in [1.165, 1.54) is 11.3 Å². The van der Waals surface area contributed by atoms with Crippen LogP contribution in [0.2, 0.25) is 5.02 Å². The van der Waals surface area contributed by atoms with Crippen LogP contribution in [0, 0.1) is 0 Å². The third kappa shape index (κ3) is 3.05. The zero-order chi connectivity index (χ0) is 8.97. The van der Waals surface area contributed by atoms with Crippen LogP contribution in [0.1, 0.15) is 18.2 Å². The predicted molar refractivity (Wildman–Crippen MR) is 59.0 cm³/mol. The molecule has 68 valence electrons. The van der Waals surface area contributed by atoms with Gasteiger partial charge in [-0.2, -0.15) is 0 Å². The Balaban J connectivity index is 2.42. The van der Waals surface area contributed by atoms with Gasteiger partial charge in [-0.1, -0.05) is 18.5 Å². The second-order valence-electron chi connectivity index (χ2n) is 2.51. The molecule has 0 aliphatic carbocycles. The summed E-state index contributed by atoms with van der Waals surface area (Å²) in [5.41, 5.74) is 0. The quantitative estimate of drug-likeness (QED) is 0.822. The molecule has 1 rings (SSSR count). The van der Waals surface area contributed by atoms with Crippen LogP contribution >= 0.6 is 38.9 Å². The minimum absolute atomic E-state index is 0.813. The fourth-order valence-corrected chi connectivity index (χ4v) is 2.65. The van der Waals surface area contributed by atoms with Crippen molar-refractivity contribution in [3.8, 4) is 0 Å². The fourth-order valence-electron chi connectivity index (χ4n) is 0.867. The van der Waals surface area contributed by atoms with E-state index in [0.29, 0.717) is 0 Å². The van der Waals surface area contributed by atoms with Crippen LogP contribution in [-0.2, 0) is 6.54 Å². The molecule has 1 heterocycles. The van der Waals surface area contributed by atoms with Crippen molar-refractivity contribution in [2.24, 2.45) is 0 Å². The van der Waals surface area contributed by atoms with E-state index < -0.39 is 0 Å². The molecule has 1 N–H and O–H groups in total. The Morgan fingerprint density at radius 1 is 1.67 bits per heavy atom. The summed E-state index contributed by atoms with van der Waals surface area (Å²) in [5.74, 6) is 0. The molecule has 0 aromatic carbocycles. The highest BCUT2D eigenvalue weighted by Gasteiger charge is 2.02. The molecule has 4 heteroatoms. The molecule has 0 aliphatic heterocycles. The van der Waals surface area contributed by atoms with Crippen LogP contribution in [0.15, 0.2) is 9.85 Å². The summed E-state index contributed by atoms with van der Waals surface area (Å²) in [5, 5.41) is 4.14. The third-order valence-corrected chi connectivity index (χ3v) is 3.90. The van der Waals surface area contributed by atoms with Gasteiger partial charge in [-0.05, 0) is 35.0 Å². The van der Waals surface area contributed by atoms with Crippen molar-refractivity contribution in [1.29, 1.82) is 0 Å². The lowest BCUT2D eigenvalue weighted by Gasteiger charge is -1.97. The predicted octanol–water partition coefficient (Wildman–Crippen LogP) is 3.66. The van der Waals surface area contributed by atoms with Gasteiger partial charge in [0, 0.05) is 11.4 Å². The summed E-state index contributed by atoms with van der Waals surface area (Å²) in [7, 11) is 0. The van der Waals surface area contributed by atoms with Gasteiger partial charge in [-0.25, -0.2) is 0 Å². The zero-order valence-corrected chi connectivity index (χ0v) is 10.0. The van der Waals surface area contributed by atoms with Gasteiger partial charge >= 0.3 is 0 Å². The van der Waals surface area contributed by atoms with E-state index >= 15 is 0 Å². The van der Waals surface area contributed by atoms with Crippen molar-refractivity contribution in [2.45, 2.75) is 19.9 Å². The van der Waals surface area contributed by atoms with E-state index in [9.17, 15) is 0 Å². The molecule has 1 aromatic rings. The highest BCUT2D eigenvalue weighted by Crippen LogP contribution is 2.31. The van der Waals surface area contributed by atoms with E-state index in [1.54, 1.807) is 11.3 Å². The molecule has 0 spiro atoms. The van der Waals surface area contributed by atoms with Crippen LogP contribution in [0.5, 0.6) is 0 Å². The minimum Gasteiger partial charge on any atom is -0.312 e. The molecule has 0 amide bonds. The monoisotopic (exact) mass is 267 g/mol. The van der Waals surface area contributed by atoms with Crippen LogP contribution in [0.3, 0.4) is 0 Å². The van der Waals surface area contributed by atoms with Crippen molar-refractivity contribution < 1.29 is 0 Å². The Kier molecular flexibility index (Phi) is 4.57. The normalized spacial score (nSPS) is 10.6. The maximum absolute atomic E-state index is 5.88. The Bertz CT molecular complexity index is 230. The van der Waals surface area contributed by atoms with Gasteiger partial charge in [0.15, 0.2) is 0 Å². The Hall–Kier alpha value is 0.430. The van der Waals surface area contributed by atoms with E-state index in [2.05, 4.69) is 28.2 Å². The van der Waals surface area contributed by atoms with Gasteiger partial charge in [-0.15, -0.1) is 11.3 Å². The molecular formula is C8H11BrClNS. The highest BCUT2D eigenvalue weighted by atomic mass is 79.9. The lowest BCUT2D eigenvalue weighted by atomic mass is 10.4. The van der Waals surface area contributed by atoms with Gasteiger partial charge in [-0.3, -0.25) is 0 Å². The van der Waals surface area contributed by atoms with Crippen LogP contribution < -0.4 is 5.32 Å². The second-order valence-corrected chi connectivity index (χ2v) is 5.37. The summed E-state index contributed by atoms with van der Waals surface area (Å²) in [6, 6.07) is 2.00. The van der Waals surface area contributed by atoms with E-state index in [0.717, 1.165) is 21.9 Å². The summed E-state index contributed by atoms with van der Waals surface area (Å²) in [6.45, 7) is 4.14. The second kappa shape index (κ2) is 5.22. The Morgan fingerprint density at radius 3 is 2.92 bits per heavy atom. The van der Waals surface area contributed by atoms with Gasteiger partial charge in [0.25, 0.3) is 0 Å². The number of halogens is 2. The van der Waals surface area contributed by atoms with Gasteiger partial charge in [0.1, 0.15) is 0 Å². The van der Waals surface area contributed by atoms with Gasteiger partial charge < -0.3 is 5.32 Å². The summed E-state index contributed by atoms with van der Waals surface area (Å²) < 4.78 is 1.03. The average molecular weight is 269 g/mol. The molecule has 12 heavy (non-hydrogen) atoms. The molecule has 0 saturated carbocycles. The van der Waals surface area contributed by atoms with E-state index in [4.69, 9.17) is 11.6 Å². The maximum atomic E-state index is 5.88. The molecule has 0 unspecified atom stereocenters. The largest absolute Gasteiger partial charge is 0.312 e. The summed E-state index contributed by atoms with van der Waals surface area (Å²) in [4.78, 5) is 1.28. The number of rotatable bonds is 4. The number of hydrogen-bond donors (Lipinski definition) is 1. The third-order valence-electron chi connectivity index (χ3n) is 1.42. The lowest BCUT2D eigenvalue weighted by molar-refractivity contribution is 0.681. The Labute approximate surface area is 90.3 Å². The van der Waals surface area contributed by atoms with Crippen molar-refractivity contribution in [3.63, 3.8) is 0 Å². The fraction of sp³-hybridized carbons (Fsp3) is 0.500. The van der Waals surface area contributed by atoms with Crippen LogP contribution in [-0.4, -0.2) is 6.54 Å². The molecule has 1 aromatic heterocycles. The molecule has 0 radical (unpaired) electrons. The zero-order valence-electron chi connectivity index (χ0n) is 6.86. The molecule has 0 bridgehead atoms. The van der Waals surface area contributed by atoms with Crippen LogP contribution in [0.25, 0.3) is 0 Å². The molecule has 0 saturated heterocycles. The van der Waals surface area contributed by atoms with Crippen LogP contribution in [0.4, 0.5) is 0 Å². The lowest BCUT2D eigenvalue weighted by Crippen LogP contribution is -2.12. The number of thiophene rings is 1.